The Morgan fingerprint density at radius 1 is 1.11 bits per heavy atom. The zero-order valence-corrected chi connectivity index (χ0v) is 17.7. The average molecular weight is 381 g/mol. The topological polar surface area (TPSA) is 53.2 Å². The Hall–Kier alpha value is -2.37. The smallest absolute Gasteiger partial charge is 0.120 e. The van der Waals surface area contributed by atoms with Crippen LogP contribution in [0.5, 0.6) is 5.75 Å². The summed E-state index contributed by atoms with van der Waals surface area (Å²) in [6.45, 7) is 9.99. The van der Waals surface area contributed by atoms with Gasteiger partial charge in [-0.2, -0.15) is 5.10 Å². The number of rotatable bonds is 8. The number of benzene rings is 2. The zero-order valence-electron chi connectivity index (χ0n) is 17.7. The second-order valence-corrected chi connectivity index (χ2v) is 8.45. The lowest BCUT2D eigenvalue weighted by atomic mass is 9.87. The number of hydrogen-bond donors (Lipinski definition) is 2. The maximum atomic E-state index is 6.05. The van der Waals surface area contributed by atoms with Gasteiger partial charge in [-0.25, -0.2) is 0 Å². The van der Waals surface area contributed by atoms with E-state index in [1.807, 2.05) is 19.2 Å². The van der Waals surface area contributed by atoms with Crippen LogP contribution >= 0.6 is 0 Å². The molecule has 3 aromatic rings. The van der Waals surface area contributed by atoms with Crippen molar-refractivity contribution in [3.05, 3.63) is 59.3 Å². The standard InChI is InChI=1S/C23H32N4O/c1-23(2,3)18-8-6-17(7-9-18)16-28-19-10-11-21-20(14-19)22(26-25-21)15-27(5)13-12-24-4/h6-11,14,24H,12-13,15-16H2,1-5H3,(H,25,26). The quantitative estimate of drug-likeness (QED) is 0.618. The SMILES string of the molecule is CNCCN(C)Cc1n[nH]c2ccc(OCc3ccc(C(C)(C)C)cc3)cc12. The largest absolute Gasteiger partial charge is 0.489 e. The molecule has 0 unspecified atom stereocenters. The van der Waals surface area contributed by atoms with Crippen LogP contribution in [0.15, 0.2) is 42.5 Å². The Bertz CT molecular complexity index is 893. The summed E-state index contributed by atoms with van der Waals surface area (Å²) in [7, 11) is 4.08. The van der Waals surface area contributed by atoms with Crippen LogP contribution < -0.4 is 10.1 Å². The number of aromatic nitrogens is 2. The van der Waals surface area contributed by atoms with E-state index in [-0.39, 0.29) is 5.41 Å². The van der Waals surface area contributed by atoms with Gasteiger partial charge in [0.2, 0.25) is 0 Å². The summed E-state index contributed by atoms with van der Waals surface area (Å²) in [5, 5.41) is 11.9. The van der Waals surface area contributed by atoms with Gasteiger partial charge in [0.15, 0.2) is 0 Å². The normalized spacial score (nSPS) is 12.1. The van der Waals surface area contributed by atoms with Crippen LogP contribution in [0.2, 0.25) is 0 Å². The number of likely N-dealkylation sites (N-methyl/N-ethyl adjacent to an activating group) is 2. The first kappa shape index (κ1) is 20.4. The Morgan fingerprint density at radius 2 is 1.86 bits per heavy atom. The van der Waals surface area contributed by atoms with E-state index in [0.29, 0.717) is 6.61 Å². The van der Waals surface area contributed by atoms with Gasteiger partial charge in [-0.05, 0) is 48.8 Å². The van der Waals surface area contributed by atoms with E-state index in [4.69, 9.17) is 4.74 Å². The van der Waals surface area contributed by atoms with E-state index >= 15 is 0 Å². The number of nitrogens with zero attached hydrogens (tertiary/aromatic N) is 2. The molecule has 0 aliphatic rings. The lowest BCUT2D eigenvalue weighted by Gasteiger charge is -2.19. The van der Waals surface area contributed by atoms with E-state index in [1.54, 1.807) is 0 Å². The molecule has 5 nitrogen and oxygen atoms in total. The molecule has 150 valence electrons. The fraction of sp³-hybridized carbons (Fsp3) is 0.435. The molecular weight excluding hydrogens is 348 g/mol. The first-order chi connectivity index (χ1) is 13.4. The van der Waals surface area contributed by atoms with Crippen LogP contribution in [0.1, 0.15) is 37.6 Å². The lowest BCUT2D eigenvalue weighted by molar-refractivity contribution is 0.306. The molecule has 0 aliphatic heterocycles. The van der Waals surface area contributed by atoms with Crippen molar-refractivity contribution in [3.8, 4) is 5.75 Å². The highest BCUT2D eigenvalue weighted by atomic mass is 16.5. The molecule has 0 saturated heterocycles. The van der Waals surface area contributed by atoms with Gasteiger partial charge >= 0.3 is 0 Å². The highest BCUT2D eigenvalue weighted by Crippen LogP contribution is 2.25. The Morgan fingerprint density at radius 3 is 2.54 bits per heavy atom. The molecule has 28 heavy (non-hydrogen) atoms. The zero-order chi connectivity index (χ0) is 20.1. The average Bonchev–Trinajstić information content (AvgIpc) is 3.06. The van der Waals surface area contributed by atoms with Crippen molar-refractivity contribution >= 4 is 10.9 Å². The van der Waals surface area contributed by atoms with Crippen LogP contribution in [-0.4, -0.2) is 42.3 Å². The summed E-state index contributed by atoms with van der Waals surface area (Å²) in [5.74, 6) is 0.868. The molecule has 3 rings (SSSR count). The number of hydrogen-bond acceptors (Lipinski definition) is 4. The number of fused-ring (bicyclic) bond motifs is 1. The molecule has 0 atom stereocenters. The third-order valence-electron chi connectivity index (χ3n) is 5.00. The first-order valence-electron chi connectivity index (χ1n) is 9.89. The van der Waals surface area contributed by atoms with Gasteiger partial charge in [-0.15, -0.1) is 0 Å². The van der Waals surface area contributed by atoms with Crippen molar-refractivity contribution < 1.29 is 4.74 Å². The molecule has 0 bridgehead atoms. The lowest BCUT2D eigenvalue weighted by Crippen LogP contribution is -2.27. The minimum Gasteiger partial charge on any atom is -0.489 e. The first-order valence-corrected chi connectivity index (χ1v) is 9.89. The van der Waals surface area contributed by atoms with Crippen LogP contribution in [-0.2, 0) is 18.6 Å². The molecule has 1 heterocycles. The summed E-state index contributed by atoms with van der Waals surface area (Å²) in [4.78, 5) is 2.26. The van der Waals surface area contributed by atoms with Gasteiger partial charge in [0.1, 0.15) is 12.4 Å². The van der Waals surface area contributed by atoms with Crippen molar-refractivity contribution in [1.29, 1.82) is 0 Å². The molecule has 1 aromatic heterocycles. The van der Waals surface area contributed by atoms with Crippen molar-refractivity contribution in [2.75, 3.05) is 27.2 Å². The molecule has 2 N–H and O–H groups in total. The van der Waals surface area contributed by atoms with Gasteiger partial charge in [0.25, 0.3) is 0 Å². The Labute approximate surface area is 168 Å². The summed E-state index contributed by atoms with van der Waals surface area (Å²) >= 11 is 0. The molecule has 2 aromatic carbocycles. The molecular formula is C23H32N4O. The number of ether oxygens (including phenoxy) is 1. The maximum Gasteiger partial charge on any atom is 0.120 e. The highest BCUT2D eigenvalue weighted by molar-refractivity contribution is 5.82. The van der Waals surface area contributed by atoms with Gasteiger partial charge in [-0.1, -0.05) is 45.0 Å². The molecule has 5 heteroatoms. The number of H-pyrrole nitrogens is 1. The van der Waals surface area contributed by atoms with Gasteiger partial charge in [-0.3, -0.25) is 10.00 Å². The third-order valence-corrected chi connectivity index (χ3v) is 5.00. The minimum atomic E-state index is 0.169. The number of aromatic amines is 1. The summed E-state index contributed by atoms with van der Waals surface area (Å²) in [6, 6.07) is 14.8. The molecule has 0 saturated carbocycles. The van der Waals surface area contributed by atoms with E-state index in [1.165, 1.54) is 11.1 Å². The van der Waals surface area contributed by atoms with E-state index in [2.05, 4.69) is 78.6 Å². The molecule has 0 spiro atoms. The van der Waals surface area contributed by atoms with Crippen LogP contribution in [0, 0.1) is 0 Å². The van der Waals surface area contributed by atoms with Crippen LogP contribution in [0.3, 0.4) is 0 Å². The number of nitrogens with one attached hydrogen (secondary N) is 2. The van der Waals surface area contributed by atoms with Gasteiger partial charge < -0.3 is 10.1 Å². The van der Waals surface area contributed by atoms with Crippen LogP contribution in [0.25, 0.3) is 10.9 Å². The molecule has 0 fully saturated rings. The molecule has 0 amide bonds. The second-order valence-electron chi connectivity index (χ2n) is 8.45. The van der Waals surface area contributed by atoms with Crippen molar-refractivity contribution in [3.63, 3.8) is 0 Å². The van der Waals surface area contributed by atoms with Crippen molar-refractivity contribution in [2.45, 2.75) is 39.3 Å². The summed E-state index contributed by atoms with van der Waals surface area (Å²) in [5.41, 5.74) is 4.77. The Kier molecular flexibility index (Phi) is 6.37. The fourth-order valence-corrected chi connectivity index (χ4v) is 3.16. The molecule has 0 aliphatic carbocycles. The predicted octanol–water partition coefficient (Wildman–Crippen LogP) is 4.09. The summed E-state index contributed by atoms with van der Waals surface area (Å²) in [6.07, 6.45) is 0. The monoisotopic (exact) mass is 380 g/mol. The minimum absolute atomic E-state index is 0.169. The molecule has 0 radical (unpaired) electrons. The maximum absolute atomic E-state index is 6.05. The fourth-order valence-electron chi connectivity index (χ4n) is 3.16. The van der Waals surface area contributed by atoms with E-state index < -0.39 is 0 Å². The van der Waals surface area contributed by atoms with E-state index in [9.17, 15) is 0 Å². The predicted molar refractivity (Wildman–Crippen MR) is 116 cm³/mol. The summed E-state index contributed by atoms with van der Waals surface area (Å²) < 4.78 is 6.05. The second kappa shape index (κ2) is 8.76. The van der Waals surface area contributed by atoms with Crippen molar-refractivity contribution in [2.24, 2.45) is 0 Å². The van der Waals surface area contributed by atoms with Gasteiger partial charge in [0.05, 0.1) is 11.2 Å². The van der Waals surface area contributed by atoms with Crippen molar-refractivity contribution in [1.82, 2.24) is 20.4 Å². The van der Waals surface area contributed by atoms with Gasteiger partial charge in [0, 0.05) is 25.0 Å². The Balaban J connectivity index is 1.67. The van der Waals surface area contributed by atoms with Crippen LogP contribution in [0.4, 0.5) is 0 Å². The highest BCUT2D eigenvalue weighted by Gasteiger charge is 2.13. The third kappa shape index (κ3) is 5.12. The van der Waals surface area contributed by atoms with E-state index in [0.717, 1.165) is 42.0 Å².